The van der Waals surface area contributed by atoms with Gasteiger partial charge in [0.05, 0.1) is 6.07 Å². The molecule has 0 aliphatic carbocycles. The topological polar surface area (TPSA) is 50.1 Å². The Kier molecular flexibility index (Phi) is 6.66. The fourth-order valence-corrected chi connectivity index (χ4v) is 7.47. The number of rotatable bonds is 7. The zero-order valence-corrected chi connectivity index (χ0v) is 18.4. The van der Waals surface area contributed by atoms with Crippen molar-refractivity contribution in [3.8, 4) is 11.8 Å². The van der Waals surface area contributed by atoms with Crippen molar-refractivity contribution in [3.63, 3.8) is 0 Å². The summed E-state index contributed by atoms with van der Waals surface area (Å²) in [6, 6.07) is 39.2. The molecule has 156 valence electrons. The van der Waals surface area contributed by atoms with Crippen LogP contribution in [0.3, 0.4) is 0 Å². The molecule has 0 atom stereocenters. The lowest BCUT2D eigenvalue weighted by Gasteiger charge is -2.29. The normalized spacial score (nSPS) is 10.7. The maximum atomic E-state index is 13.3. The van der Waals surface area contributed by atoms with Crippen LogP contribution >= 0.6 is 6.89 Å². The quantitative estimate of drug-likeness (QED) is 0.316. The van der Waals surface area contributed by atoms with E-state index in [1.807, 2.05) is 115 Å². The van der Waals surface area contributed by atoms with Crippen LogP contribution < -0.4 is 20.7 Å². The van der Waals surface area contributed by atoms with Crippen molar-refractivity contribution in [2.75, 3.05) is 6.61 Å². The summed E-state index contributed by atoms with van der Waals surface area (Å²) in [5.41, 5.74) is 0.580. The molecule has 4 heteroatoms. The molecule has 32 heavy (non-hydrogen) atoms. The molecule has 0 amide bonds. The van der Waals surface area contributed by atoms with Gasteiger partial charge in [-0.2, -0.15) is 5.26 Å². The molecule has 0 N–H and O–H groups in total. The molecule has 4 aromatic rings. The summed E-state index contributed by atoms with van der Waals surface area (Å²) in [6.45, 7) is -2.58. The second kappa shape index (κ2) is 9.96. The lowest BCUT2D eigenvalue weighted by atomic mass is 10.1. The van der Waals surface area contributed by atoms with Gasteiger partial charge in [-0.3, -0.25) is 4.79 Å². The average Bonchev–Trinajstić information content (AvgIpc) is 2.87. The van der Waals surface area contributed by atoms with Gasteiger partial charge in [0.2, 0.25) is 5.78 Å². The van der Waals surface area contributed by atoms with E-state index >= 15 is 0 Å². The Balaban J connectivity index is 1.88. The first-order valence-electron chi connectivity index (χ1n) is 10.3. The van der Waals surface area contributed by atoms with E-state index in [4.69, 9.17) is 4.74 Å². The van der Waals surface area contributed by atoms with Gasteiger partial charge in [-0.15, -0.1) is 0 Å². The second-order valence-electron chi connectivity index (χ2n) is 7.19. The van der Waals surface area contributed by atoms with Crippen molar-refractivity contribution < 1.29 is 9.53 Å². The molecule has 0 bridgehead atoms. The third kappa shape index (κ3) is 4.28. The first-order chi connectivity index (χ1) is 15.8. The SMILES string of the molecule is N#CC=P(c1ccccc1)(c1ccccc1)c1ccccc1C(=O)COc1ccccc1. The fraction of sp³-hybridized carbons (Fsp3) is 0.0357. The van der Waals surface area contributed by atoms with E-state index in [0.717, 1.165) is 15.9 Å². The van der Waals surface area contributed by atoms with Crippen molar-refractivity contribution in [1.82, 2.24) is 0 Å². The molecule has 0 unspecified atom stereocenters. The molecule has 0 heterocycles. The third-order valence-corrected chi connectivity index (χ3v) is 9.15. The van der Waals surface area contributed by atoms with Gasteiger partial charge in [0.1, 0.15) is 5.75 Å². The minimum absolute atomic E-state index is 0.0723. The summed E-state index contributed by atoms with van der Waals surface area (Å²) in [7, 11) is 0. The van der Waals surface area contributed by atoms with Gasteiger partial charge in [0.25, 0.3) is 0 Å². The minimum atomic E-state index is -2.50. The van der Waals surface area contributed by atoms with Gasteiger partial charge in [0.15, 0.2) is 6.61 Å². The monoisotopic (exact) mass is 435 g/mol. The molecule has 0 saturated heterocycles. The van der Waals surface area contributed by atoms with Crippen molar-refractivity contribution in [2.24, 2.45) is 0 Å². The molecule has 3 nitrogen and oxygen atoms in total. The van der Waals surface area contributed by atoms with E-state index in [-0.39, 0.29) is 12.4 Å². The number of carbonyl (C=O) groups excluding carboxylic acids is 1. The average molecular weight is 435 g/mol. The van der Waals surface area contributed by atoms with Crippen LogP contribution in [0.25, 0.3) is 0 Å². The molecule has 0 aliphatic heterocycles. The highest BCUT2D eigenvalue weighted by Gasteiger charge is 2.29. The van der Waals surface area contributed by atoms with Crippen LogP contribution in [0.4, 0.5) is 0 Å². The molecular weight excluding hydrogens is 413 g/mol. The van der Waals surface area contributed by atoms with Gasteiger partial charge >= 0.3 is 0 Å². The molecule has 0 aliphatic rings. The first kappa shape index (κ1) is 21.4. The molecule has 4 rings (SSSR count). The minimum Gasteiger partial charge on any atom is -0.485 e. The predicted octanol–water partition coefficient (Wildman–Crippen LogP) is 4.57. The number of ketones is 1. The van der Waals surface area contributed by atoms with Crippen molar-refractivity contribution in [1.29, 1.82) is 5.26 Å². The Morgan fingerprint density at radius 3 is 1.81 bits per heavy atom. The molecule has 0 aromatic heterocycles. The first-order valence-corrected chi connectivity index (χ1v) is 12.2. The number of hydrogen-bond acceptors (Lipinski definition) is 3. The molecule has 0 spiro atoms. The van der Waals surface area contributed by atoms with Crippen LogP contribution in [0, 0.1) is 11.3 Å². The molecule has 0 fully saturated rings. The zero-order valence-electron chi connectivity index (χ0n) is 17.5. The number of para-hydroxylation sites is 1. The summed E-state index contributed by atoms with van der Waals surface area (Å²) in [5, 5.41) is 12.8. The van der Waals surface area contributed by atoms with Gasteiger partial charge in [0, 0.05) is 11.4 Å². The largest absolute Gasteiger partial charge is 0.485 e. The van der Waals surface area contributed by atoms with Crippen LogP contribution in [0.15, 0.2) is 115 Å². The maximum absolute atomic E-state index is 13.3. The summed E-state index contributed by atoms with van der Waals surface area (Å²) < 4.78 is 5.75. The number of carbonyl (C=O) groups is 1. The lowest BCUT2D eigenvalue weighted by molar-refractivity contribution is 0.0922. The van der Waals surface area contributed by atoms with Crippen LogP contribution in [0.2, 0.25) is 0 Å². The van der Waals surface area contributed by atoms with E-state index < -0.39 is 6.89 Å². The highest BCUT2D eigenvalue weighted by atomic mass is 31.2. The number of benzene rings is 4. The smallest absolute Gasteiger partial charge is 0.200 e. The molecule has 0 radical (unpaired) electrons. The standard InChI is InChI=1S/C28H22NO2P/c29-20-21-32(24-14-6-2-7-15-24,25-16-8-3-9-17-25)28-19-11-10-18-26(28)27(30)22-31-23-12-4-1-5-13-23/h1-19,21H,22H2. The van der Waals surface area contributed by atoms with E-state index in [1.54, 1.807) is 5.80 Å². The summed E-state index contributed by atoms with van der Waals surface area (Å²) in [4.78, 5) is 13.3. The lowest BCUT2D eigenvalue weighted by Crippen LogP contribution is -2.31. The van der Waals surface area contributed by atoms with E-state index in [0.29, 0.717) is 11.3 Å². The van der Waals surface area contributed by atoms with E-state index in [1.165, 1.54) is 0 Å². The van der Waals surface area contributed by atoms with Gasteiger partial charge in [-0.25, -0.2) is 0 Å². The fourth-order valence-electron chi connectivity index (χ4n) is 3.82. The second-order valence-corrected chi connectivity index (χ2v) is 10.4. The predicted molar refractivity (Wildman–Crippen MR) is 133 cm³/mol. The number of nitriles is 1. The highest BCUT2D eigenvalue weighted by Crippen LogP contribution is 2.44. The number of hydrogen-bond donors (Lipinski definition) is 0. The van der Waals surface area contributed by atoms with Crippen LogP contribution in [-0.2, 0) is 0 Å². The summed E-state index contributed by atoms with van der Waals surface area (Å²) in [6.07, 6.45) is 0. The molecule has 0 saturated carbocycles. The maximum Gasteiger partial charge on any atom is 0.200 e. The van der Waals surface area contributed by atoms with Crippen molar-refractivity contribution >= 4 is 34.4 Å². The van der Waals surface area contributed by atoms with E-state index in [9.17, 15) is 10.1 Å². The van der Waals surface area contributed by atoms with Gasteiger partial charge < -0.3 is 4.74 Å². The summed E-state index contributed by atoms with van der Waals surface area (Å²) in [5.74, 6) is 2.25. The Morgan fingerprint density at radius 1 is 0.750 bits per heavy atom. The molecular formula is C28H22NO2P. The van der Waals surface area contributed by atoms with Crippen LogP contribution in [-0.4, -0.2) is 18.2 Å². The Hall–Kier alpha value is -3.86. The highest BCUT2D eigenvalue weighted by molar-refractivity contribution is 7.94. The van der Waals surface area contributed by atoms with Crippen LogP contribution in [0.5, 0.6) is 5.75 Å². The summed E-state index contributed by atoms with van der Waals surface area (Å²) >= 11 is 0. The zero-order chi connectivity index (χ0) is 22.2. The Morgan fingerprint density at radius 2 is 1.25 bits per heavy atom. The molecule has 4 aromatic carbocycles. The third-order valence-electron chi connectivity index (χ3n) is 5.28. The van der Waals surface area contributed by atoms with Gasteiger partial charge in [-0.05, 0) is 34.9 Å². The Labute approximate surface area is 188 Å². The number of ether oxygens (including phenoxy) is 1. The van der Waals surface area contributed by atoms with Gasteiger partial charge in [-0.1, -0.05) is 103 Å². The van der Waals surface area contributed by atoms with Crippen LogP contribution in [0.1, 0.15) is 10.4 Å². The van der Waals surface area contributed by atoms with E-state index in [2.05, 4.69) is 6.07 Å². The Bertz CT molecular complexity index is 1250. The van der Waals surface area contributed by atoms with Crippen molar-refractivity contribution in [2.45, 2.75) is 0 Å². The number of nitrogens with zero attached hydrogens (tertiary/aromatic N) is 1. The van der Waals surface area contributed by atoms with Crippen molar-refractivity contribution in [3.05, 3.63) is 121 Å². The number of Topliss-reactive ketones (excluding diaryl/α,β-unsaturated/α-hetero) is 1.